The number of rotatable bonds is 10. The number of ether oxygens (including phenoxy) is 2. The molecule has 0 amide bonds. The minimum absolute atomic E-state index is 0.148. The quantitative estimate of drug-likeness (QED) is 0.435. The average molecular weight is 245 g/mol. The zero-order valence-corrected chi connectivity index (χ0v) is 11.7. The molecular formula is C13H27NO3. The van der Waals surface area contributed by atoms with Gasteiger partial charge in [-0.15, -0.1) is 0 Å². The molecule has 0 bridgehead atoms. The Bertz CT molecular complexity index is 195. The number of esters is 1. The van der Waals surface area contributed by atoms with Gasteiger partial charge in [-0.1, -0.05) is 20.8 Å². The lowest BCUT2D eigenvalue weighted by atomic mass is 10.2. The lowest BCUT2D eigenvalue weighted by Gasteiger charge is -2.20. The van der Waals surface area contributed by atoms with Crippen LogP contribution in [0.15, 0.2) is 0 Å². The van der Waals surface area contributed by atoms with Crippen molar-refractivity contribution >= 4 is 5.97 Å². The highest BCUT2D eigenvalue weighted by molar-refractivity contribution is 5.71. The summed E-state index contributed by atoms with van der Waals surface area (Å²) < 4.78 is 10.5. The Labute approximate surface area is 105 Å². The molecule has 0 heterocycles. The summed E-state index contributed by atoms with van der Waals surface area (Å²) in [6.45, 7) is 12.2. The third-order valence-corrected chi connectivity index (χ3v) is 2.20. The van der Waals surface area contributed by atoms with Crippen molar-refractivity contribution in [3.8, 4) is 0 Å². The van der Waals surface area contributed by atoms with Crippen molar-refractivity contribution in [3.05, 3.63) is 0 Å². The normalized spacial score (nSPS) is 11.2. The minimum atomic E-state index is -0.148. The van der Waals surface area contributed by atoms with Crippen molar-refractivity contribution < 1.29 is 14.3 Å². The van der Waals surface area contributed by atoms with Gasteiger partial charge in [-0.25, -0.2) is 0 Å². The van der Waals surface area contributed by atoms with Crippen LogP contribution >= 0.6 is 0 Å². The van der Waals surface area contributed by atoms with Gasteiger partial charge in [0.1, 0.15) is 0 Å². The van der Waals surface area contributed by atoms with Crippen LogP contribution in [0, 0.1) is 5.92 Å². The van der Waals surface area contributed by atoms with Crippen LogP contribution in [-0.4, -0.2) is 50.3 Å². The van der Waals surface area contributed by atoms with Crippen LogP contribution in [-0.2, 0) is 14.3 Å². The molecule has 0 aromatic rings. The van der Waals surface area contributed by atoms with Gasteiger partial charge in [0.05, 0.1) is 19.8 Å². The van der Waals surface area contributed by atoms with Crippen molar-refractivity contribution in [2.24, 2.45) is 5.92 Å². The van der Waals surface area contributed by atoms with Crippen LogP contribution in [0.1, 0.15) is 34.1 Å². The predicted octanol–water partition coefficient (Wildman–Crippen LogP) is 1.93. The second kappa shape index (κ2) is 10.5. The summed E-state index contributed by atoms with van der Waals surface area (Å²) >= 11 is 0. The largest absolute Gasteiger partial charge is 0.465 e. The number of nitrogens with zero attached hydrogens (tertiary/aromatic N) is 1. The molecule has 0 aromatic heterocycles. The molecule has 0 rings (SSSR count). The van der Waals surface area contributed by atoms with Gasteiger partial charge in [0, 0.05) is 13.2 Å². The summed E-state index contributed by atoms with van der Waals surface area (Å²) in [5.41, 5.74) is 0. The molecule has 0 aromatic carbocycles. The van der Waals surface area contributed by atoms with E-state index < -0.39 is 0 Å². The SMILES string of the molecule is CCCN(CCOCC(C)C)CC(=O)OCC. The molecule has 0 saturated heterocycles. The molecule has 0 N–H and O–H groups in total. The first kappa shape index (κ1) is 16.4. The molecule has 0 atom stereocenters. The number of carbonyl (C=O) groups excluding carboxylic acids is 1. The Hall–Kier alpha value is -0.610. The molecule has 0 unspecified atom stereocenters. The minimum Gasteiger partial charge on any atom is -0.465 e. The monoisotopic (exact) mass is 245 g/mol. The summed E-state index contributed by atoms with van der Waals surface area (Å²) in [6.07, 6.45) is 1.03. The molecule has 102 valence electrons. The molecule has 17 heavy (non-hydrogen) atoms. The maximum absolute atomic E-state index is 11.4. The maximum Gasteiger partial charge on any atom is 0.320 e. The van der Waals surface area contributed by atoms with Gasteiger partial charge in [-0.2, -0.15) is 0 Å². The van der Waals surface area contributed by atoms with Crippen LogP contribution < -0.4 is 0 Å². The van der Waals surface area contributed by atoms with Gasteiger partial charge >= 0.3 is 5.97 Å². The highest BCUT2D eigenvalue weighted by atomic mass is 16.5. The van der Waals surface area contributed by atoms with Crippen LogP contribution in [0.4, 0.5) is 0 Å². The van der Waals surface area contributed by atoms with E-state index in [-0.39, 0.29) is 5.97 Å². The van der Waals surface area contributed by atoms with Crippen molar-refractivity contribution in [3.63, 3.8) is 0 Å². The van der Waals surface area contributed by atoms with E-state index in [9.17, 15) is 4.79 Å². The highest BCUT2D eigenvalue weighted by Crippen LogP contribution is 1.96. The topological polar surface area (TPSA) is 38.8 Å². The van der Waals surface area contributed by atoms with Crippen molar-refractivity contribution in [1.82, 2.24) is 4.90 Å². The van der Waals surface area contributed by atoms with E-state index in [0.29, 0.717) is 25.7 Å². The first-order valence-electron chi connectivity index (χ1n) is 6.55. The van der Waals surface area contributed by atoms with Crippen molar-refractivity contribution in [2.75, 3.05) is 39.5 Å². The summed E-state index contributed by atoms with van der Waals surface area (Å²) in [5, 5.41) is 0. The van der Waals surface area contributed by atoms with Gasteiger partial charge in [-0.05, 0) is 25.8 Å². The van der Waals surface area contributed by atoms with Gasteiger partial charge in [0.2, 0.25) is 0 Å². The van der Waals surface area contributed by atoms with E-state index in [1.165, 1.54) is 0 Å². The summed E-state index contributed by atoms with van der Waals surface area (Å²) in [7, 11) is 0. The second-order valence-corrected chi connectivity index (χ2v) is 4.55. The van der Waals surface area contributed by atoms with Gasteiger partial charge < -0.3 is 9.47 Å². The molecule has 0 saturated carbocycles. The molecule has 0 spiro atoms. The maximum atomic E-state index is 11.4. The lowest BCUT2D eigenvalue weighted by Crippen LogP contribution is -2.34. The second-order valence-electron chi connectivity index (χ2n) is 4.55. The van der Waals surface area contributed by atoms with Crippen molar-refractivity contribution in [2.45, 2.75) is 34.1 Å². The number of hydrogen-bond acceptors (Lipinski definition) is 4. The molecule has 4 heteroatoms. The van der Waals surface area contributed by atoms with E-state index in [1.807, 2.05) is 6.92 Å². The Kier molecular flexibility index (Phi) is 10.2. The first-order chi connectivity index (χ1) is 8.10. The van der Waals surface area contributed by atoms with E-state index in [4.69, 9.17) is 9.47 Å². The van der Waals surface area contributed by atoms with Crippen LogP contribution in [0.25, 0.3) is 0 Å². The number of carbonyl (C=O) groups is 1. The first-order valence-corrected chi connectivity index (χ1v) is 6.55. The van der Waals surface area contributed by atoms with Crippen LogP contribution in [0.3, 0.4) is 0 Å². The Morgan fingerprint density at radius 1 is 1.24 bits per heavy atom. The van der Waals surface area contributed by atoms with E-state index in [1.54, 1.807) is 0 Å². The number of hydrogen-bond donors (Lipinski definition) is 0. The Morgan fingerprint density at radius 2 is 1.94 bits per heavy atom. The van der Waals surface area contributed by atoms with Gasteiger partial charge in [0.25, 0.3) is 0 Å². The molecule has 4 nitrogen and oxygen atoms in total. The third kappa shape index (κ3) is 10.3. The molecule has 0 radical (unpaired) electrons. The fraction of sp³-hybridized carbons (Fsp3) is 0.923. The average Bonchev–Trinajstić information content (AvgIpc) is 2.24. The van der Waals surface area contributed by atoms with Gasteiger partial charge in [0.15, 0.2) is 0 Å². The van der Waals surface area contributed by atoms with E-state index in [2.05, 4.69) is 25.7 Å². The summed E-state index contributed by atoms with van der Waals surface area (Å²) in [6, 6.07) is 0. The smallest absolute Gasteiger partial charge is 0.320 e. The standard InChI is InChI=1S/C13H27NO3/c1-5-7-14(10-13(15)17-6-2)8-9-16-11-12(3)4/h12H,5-11H2,1-4H3. The lowest BCUT2D eigenvalue weighted by molar-refractivity contribution is -0.144. The summed E-state index contributed by atoms with van der Waals surface area (Å²) in [5.74, 6) is 0.407. The fourth-order valence-corrected chi connectivity index (χ4v) is 1.49. The third-order valence-electron chi connectivity index (χ3n) is 2.20. The zero-order valence-electron chi connectivity index (χ0n) is 11.7. The summed E-state index contributed by atoms with van der Waals surface area (Å²) in [4.78, 5) is 13.4. The van der Waals surface area contributed by atoms with Crippen molar-refractivity contribution in [1.29, 1.82) is 0 Å². The van der Waals surface area contributed by atoms with E-state index in [0.717, 1.165) is 26.1 Å². The molecule has 0 fully saturated rings. The molecule has 0 aliphatic carbocycles. The highest BCUT2D eigenvalue weighted by Gasteiger charge is 2.10. The fourth-order valence-electron chi connectivity index (χ4n) is 1.49. The Morgan fingerprint density at radius 3 is 2.47 bits per heavy atom. The zero-order chi connectivity index (χ0) is 13.1. The van der Waals surface area contributed by atoms with E-state index >= 15 is 0 Å². The molecule has 0 aliphatic rings. The predicted molar refractivity (Wildman–Crippen MR) is 69.0 cm³/mol. The van der Waals surface area contributed by atoms with Crippen LogP contribution in [0.2, 0.25) is 0 Å². The van der Waals surface area contributed by atoms with Gasteiger partial charge in [-0.3, -0.25) is 9.69 Å². The van der Waals surface area contributed by atoms with Crippen LogP contribution in [0.5, 0.6) is 0 Å². The Balaban J connectivity index is 3.77. The molecule has 0 aliphatic heterocycles. The molecular weight excluding hydrogens is 218 g/mol.